The average molecular weight is 258 g/mol. The van der Waals surface area contributed by atoms with Crippen LogP contribution in [0, 0.1) is 0 Å². The van der Waals surface area contributed by atoms with Crippen molar-refractivity contribution < 1.29 is 19.1 Å². The summed E-state index contributed by atoms with van der Waals surface area (Å²) in [6.07, 6.45) is 1.13. The van der Waals surface area contributed by atoms with Gasteiger partial charge in [-0.05, 0) is 27.2 Å². The molecule has 2 N–H and O–H groups in total. The smallest absolute Gasteiger partial charge is 0.407 e. The molecule has 0 radical (unpaired) electrons. The van der Waals surface area contributed by atoms with E-state index in [2.05, 4.69) is 17.2 Å². The van der Waals surface area contributed by atoms with Gasteiger partial charge in [0.2, 0.25) is 0 Å². The monoisotopic (exact) mass is 258 g/mol. The maximum atomic E-state index is 11.2. The molecule has 0 spiro atoms. The minimum Gasteiger partial charge on any atom is -0.445 e. The summed E-state index contributed by atoms with van der Waals surface area (Å²) in [7, 11) is 0. The van der Waals surface area contributed by atoms with E-state index < -0.39 is 17.8 Å². The zero-order valence-electron chi connectivity index (χ0n) is 11.2. The first-order valence-corrected chi connectivity index (χ1v) is 5.83. The van der Waals surface area contributed by atoms with Gasteiger partial charge in [-0.15, -0.1) is 0 Å². The van der Waals surface area contributed by atoms with Gasteiger partial charge >= 0.3 is 12.2 Å². The number of carbonyl (C=O) groups is 2. The summed E-state index contributed by atoms with van der Waals surface area (Å²) in [5.41, 5.74) is -0.503. The first kappa shape index (κ1) is 16.3. The highest BCUT2D eigenvalue weighted by atomic mass is 16.6. The van der Waals surface area contributed by atoms with Gasteiger partial charge in [0.25, 0.3) is 0 Å². The Kier molecular flexibility index (Phi) is 7.58. The summed E-state index contributed by atoms with van der Waals surface area (Å²) in [6.45, 7) is 9.84. The molecule has 0 saturated heterocycles. The molecule has 0 aromatic carbocycles. The second-order valence-corrected chi connectivity index (χ2v) is 4.60. The third kappa shape index (κ3) is 10.8. The van der Waals surface area contributed by atoms with Gasteiger partial charge in [0, 0.05) is 13.1 Å². The predicted molar refractivity (Wildman–Crippen MR) is 68.4 cm³/mol. The summed E-state index contributed by atoms with van der Waals surface area (Å²) in [5, 5.41) is 5.13. The van der Waals surface area contributed by atoms with E-state index >= 15 is 0 Å². The van der Waals surface area contributed by atoms with Crippen molar-refractivity contribution in [3.05, 3.63) is 12.7 Å². The molecule has 0 aliphatic rings. The third-order valence-electron chi connectivity index (χ3n) is 1.62. The Balaban J connectivity index is 3.48. The first-order chi connectivity index (χ1) is 8.35. The molecule has 0 aliphatic heterocycles. The van der Waals surface area contributed by atoms with Crippen LogP contribution in [0.15, 0.2) is 12.7 Å². The van der Waals surface area contributed by atoms with Gasteiger partial charge in [-0.1, -0.05) is 12.7 Å². The van der Waals surface area contributed by atoms with E-state index in [4.69, 9.17) is 9.47 Å². The highest BCUT2D eigenvalue weighted by Crippen LogP contribution is 2.06. The van der Waals surface area contributed by atoms with Gasteiger partial charge in [-0.25, -0.2) is 9.59 Å². The van der Waals surface area contributed by atoms with E-state index in [9.17, 15) is 9.59 Å². The second-order valence-electron chi connectivity index (χ2n) is 4.60. The molecule has 0 heterocycles. The number of ether oxygens (including phenoxy) is 2. The Labute approximate surface area is 108 Å². The number of amides is 2. The zero-order valence-corrected chi connectivity index (χ0v) is 11.2. The van der Waals surface area contributed by atoms with Crippen molar-refractivity contribution in [1.29, 1.82) is 0 Å². The van der Waals surface area contributed by atoms with Crippen LogP contribution in [-0.4, -0.2) is 37.5 Å². The molecule has 0 bridgehead atoms. The van der Waals surface area contributed by atoms with Gasteiger partial charge in [-0.3, -0.25) is 0 Å². The lowest BCUT2D eigenvalue weighted by molar-refractivity contribution is 0.0527. The van der Waals surface area contributed by atoms with Gasteiger partial charge in [0.15, 0.2) is 0 Å². The molecule has 6 nitrogen and oxygen atoms in total. The Hall–Kier alpha value is -1.72. The first-order valence-electron chi connectivity index (χ1n) is 5.83. The molecule has 0 aromatic rings. The molecular weight excluding hydrogens is 236 g/mol. The fraction of sp³-hybridized carbons (Fsp3) is 0.667. The van der Waals surface area contributed by atoms with Gasteiger partial charge in [0.05, 0.1) is 0 Å². The maximum absolute atomic E-state index is 11.2. The summed E-state index contributed by atoms with van der Waals surface area (Å²) in [5.74, 6) is 0. The lowest BCUT2D eigenvalue weighted by Crippen LogP contribution is -2.34. The highest BCUT2D eigenvalue weighted by molar-refractivity contribution is 5.68. The molecular formula is C12H22N2O4. The molecule has 104 valence electrons. The van der Waals surface area contributed by atoms with Crippen LogP contribution in [0.4, 0.5) is 9.59 Å². The molecule has 2 amide bonds. The van der Waals surface area contributed by atoms with Crippen LogP contribution in [0.3, 0.4) is 0 Å². The predicted octanol–water partition coefficient (Wildman–Crippen LogP) is 1.81. The van der Waals surface area contributed by atoms with Crippen LogP contribution in [0.1, 0.15) is 27.2 Å². The standard InChI is InChI=1S/C12H22N2O4/c1-5-9-17-10(15)13-7-6-8-14-11(16)18-12(2,3)4/h5H,1,6-9H2,2-4H3,(H,13,15)(H,14,16). The van der Waals surface area contributed by atoms with Crippen molar-refractivity contribution in [3.63, 3.8) is 0 Å². The topological polar surface area (TPSA) is 76.7 Å². The van der Waals surface area contributed by atoms with E-state index in [-0.39, 0.29) is 6.61 Å². The number of hydrogen-bond donors (Lipinski definition) is 2. The van der Waals surface area contributed by atoms with E-state index in [0.717, 1.165) is 0 Å². The zero-order chi connectivity index (χ0) is 14.0. The number of nitrogens with one attached hydrogen (secondary N) is 2. The summed E-state index contributed by atoms with van der Waals surface area (Å²) in [6, 6.07) is 0. The van der Waals surface area contributed by atoms with Crippen LogP contribution in [0.5, 0.6) is 0 Å². The molecule has 18 heavy (non-hydrogen) atoms. The fourth-order valence-electron chi connectivity index (χ4n) is 0.969. The molecule has 0 rings (SSSR count). The maximum Gasteiger partial charge on any atom is 0.407 e. The van der Waals surface area contributed by atoms with Crippen LogP contribution in [-0.2, 0) is 9.47 Å². The minimum absolute atomic E-state index is 0.183. The van der Waals surface area contributed by atoms with Crippen LogP contribution in [0.2, 0.25) is 0 Å². The van der Waals surface area contributed by atoms with E-state index in [1.54, 1.807) is 20.8 Å². The van der Waals surface area contributed by atoms with Gasteiger partial charge < -0.3 is 20.1 Å². The molecule has 0 saturated carbocycles. The minimum atomic E-state index is -0.503. The lowest BCUT2D eigenvalue weighted by atomic mass is 10.2. The Morgan fingerprint density at radius 1 is 1.17 bits per heavy atom. The quantitative estimate of drug-likeness (QED) is 0.562. The summed E-state index contributed by atoms with van der Waals surface area (Å²) < 4.78 is 9.75. The van der Waals surface area contributed by atoms with Crippen molar-refractivity contribution in [2.24, 2.45) is 0 Å². The molecule has 0 aromatic heterocycles. The number of rotatable bonds is 6. The second kappa shape index (κ2) is 8.38. The van der Waals surface area contributed by atoms with Crippen LogP contribution >= 0.6 is 0 Å². The Morgan fingerprint density at radius 2 is 1.72 bits per heavy atom. The van der Waals surface area contributed by atoms with Crippen molar-refractivity contribution >= 4 is 12.2 Å². The number of hydrogen-bond acceptors (Lipinski definition) is 4. The van der Waals surface area contributed by atoms with Crippen LogP contribution < -0.4 is 10.6 Å². The SMILES string of the molecule is C=CCOC(=O)NCCCNC(=O)OC(C)(C)C. The van der Waals surface area contributed by atoms with E-state index in [1.165, 1.54) is 6.08 Å². The lowest BCUT2D eigenvalue weighted by Gasteiger charge is -2.19. The molecule has 0 atom stereocenters. The van der Waals surface area contributed by atoms with E-state index in [0.29, 0.717) is 19.5 Å². The van der Waals surface area contributed by atoms with Crippen molar-refractivity contribution in [2.75, 3.05) is 19.7 Å². The highest BCUT2D eigenvalue weighted by Gasteiger charge is 2.15. The van der Waals surface area contributed by atoms with Gasteiger partial charge in [0.1, 0.15) is 12.2 Å². The van der Waals surface area contributed by atoms with E-state index in [1.807, 2.05) is 0 Å². The molecule has 6 heteroatoms. The van der Waals surface area contributed by atoms with Crippen molar-refractivity contribution in [1.82, 2.24) is 10.6 Å². The summed E-state index contributed by atoms with van der Waals surface area (Å²) >= 11 is 0. The van der Waals surface area contributed by atoms with Gasteiger partial charge in [-0.2, -0.15) is 0 Å². The summed E-state index contributed by atoms with van der Waals surface area (Å²) in [4.78, 5) is 22.2. The third-order valence-corrected chi connectivity index (χ3v) is 1.62. The number of alkyl carbamates (subject to hydrolysis) is 2. The Bertz CT molecular complexity index is 284. The fourth-order valence-corrected chi connectivity index (χ4v) is 0.969. The molecule has 0 unspecified atom stereocenters. The van der Waals surface area contributed by atoms with Crippen molar-refractivity contribution in [2.45, 2.75) is 32.8 Å². The molecule has 0 fully saturated rings. The molecule has 0 aliphatic carbocycles. The Morgan fingerprint density at radius 3 is 2.22 bits per heavy atom. The average Bonchev–Trinajstić information content (AvgIpc) is 2.23. The van der Waals surface area contributed by atoms with Crippen LogP contribution in [0.25, 0.3) is 0 Å². The largest absolute Gasteiger partial charge is 0.445 e. The number of carbonyl (C=O) groups excluding carboxylic acids is 2. The van der Waals surface area contributed by atoms with Crippen molar-refractivity contribution in [3.8, 4) is 0 Å². The normalized spacial score (nSPS) is 10.4.